The van der Waals surface area contributed by atoms with Crippen LogP contribution in [-0.2, 0) is 9.59 Å². The van der Waals surface area contributed by atoms with Crippen molar-refractivity contribution in [1.82, 2.24) is 0 Å². The first-order valence-electron chi connectivity index (χ1n) is 14.1. The summed E-state index contributed by atoms with van der Waals surface area (Å²) in [4.78, 5) is 25.5. The van der Waals surface area contributed by atoms with E-state index in [1.807, 2.05) is 6.92 Å². The van der Waals surface area contributed by atoms with Gasteiger partial charge in [0.2, 0.25) is 0 Å². The van der Waals surface area contributed by atoms with Gasteiger partial charge < -0.3 is 20.4 Å². The molecule has 0 unspecified atom stereocenters. The van der Waals surface area contributed by atoms with Crippen molar-refractivity contribution in [2.75, 3.05) is 6.61 Å². The molecule has 0 saturated heterocycles. The molecule has 0 amide bonds. The Bertz CT molecular complexity index is 992. The van der Waals surface area contributed by atoms with Crippen molar-refractivity contribution in [1.29, 1.82) is 0 Å². The second-order valence-electron chi connectivity index (χ2n) is 14.4. The molecule has 0 aromatic heterocycles. The largest absolute Gasteiger partial charge is 0.481 e. The number of rotatable bonds is 4. The molecule has 0 aromatic rings. The molecule has 12 atom stereocenters. The molecule has 5 saturated carbocycles. The highest BCUT2D eigenvalue weighted by atomic mass is 16.4. The predicted octanol–water partition coefficient (Wildman–Crippen LogP) is 4.98. The van der Waals surface area contributed by atoms with Crippen LogP contribution in [0.1, 0.15) is 86.0 Å². The average molecular weight is 503 g/mol. The van der Waals surface area contributed by atoms with E-state index in [2.05, 4.69) is 34.3 Å². The highest BCUT2D eigenvalue weighted by Crippen LogP contribution is 2.79. The first-order chi connectivity index (χ1) is 16.7. The third-order valence-electron chi connectivity index (χ3n) is 13.7. The van der Waals surface area contributed by atoms with Gasteiger partial charge in [0.15, 0.2) is 0 Å². The van der Waals surface area contributed by atoms with Gasteiger partial charge in [0.05, 0.1) is 24.0 Å². The predicted molar refractivity (Wildman–Crippen MR) is 136 cm³/mol. The van der Waals surface area contributed by atoms with E-state index in [9.17, 15) is 30.0 Å². The smallest absolute Gasteiger partial charge is 0.309 e. The summed E-state index contributed by atoms with van der Waals surface area (Å²) >= 11 is 0. The minimum Gasteiger partial charge on any atom is -0.481 e. The zero-order valence-electron chi connectivity index (χ0n) is 22.7. The molecule has 6 heteroatoms. The lowest BCUT2D eigenvalue weighted by molar-refractivity contribution is -0.229. The topological polar surface area (TPSA) is 115 Å². The quantitative estimate of drug-likeness (QED) is 0.403. The summed E-state index contributed by atoms with van der Waals surface area (Å²) in [7, 11) is 0. The third-order valence-corrected chi connectivity index (χ3v) is 13.7. The number of allylic oxidation sites excluding steroid dienone is 1. The zero-order chi connectivity index (χ0) is 26.6. The summed E-state index contributed by atoms with van der Waals surface area (Å²) in [5.74, 6) is -1.96. The Kier molecular flexibility index (Phi) is 5.69. The fourth-order valence-electron chi connectivity index (χ4n) is 11.8. The number of carboxylic acids is 2. The van der Waals surface area contributed by atoms with Gasteiger partial charge in [-0.3, -0.25) is 9.59 Å². The lowest BCUT2D eigenvalue weighted by atomic mass is 9.34. The summed E-state index contributed by atoms with van der Waals surface area (Å²) in [5, 5.41) is 42.6. The first-order valence-corrected chi connectivity index (χ1v) is 14.1. The summed E-state index contributed by atoms with van der Waals surface area (Å²) in [6.07, 6.45) is 5.47. The standard InChI is InChI=1S/C30H46O6/c1-16(2)17-9-12-30(25(35)36)14-13-27(4)18(21(17)30)7-8-20-28(27,5)11-10-19-26(3,15-31)23(32)22(24(33)34)29(19,20)6/h17-23,31-32H,1,7-15H2,2-6H3,(H,33,34)(H,35,36)/t17-,18+,19-,20+,21-,22+,23-,26+,27+,28+,29-,30-/m0/s1. The lowest BCUT2D eigenvalue weighted by Crippen LogP contribution is -2.65. The Hall–Kier alpha value is -1.40. The normalized spacial score (nSPS) is 55.7. The Morgan fingerprint density at radius 2 is 1.56 bits per heavy atom. The minimum atomic E-state index is -1.09. The molecule has 0 radical (unpaired) electrons. The van der Waals surface area contributed by atoms with Gasteiger partial charge in [0.1, 0.15) is 0 Å². The Morgan fingerprint density at radius 1 is 0.889 bits per heavy atom. The number of carbonyl (C=O) groups is 2. The van der Waals surface area contributed by atoms with Crippen LogP contribution >= 0.6 is 0 Å². The van der Waals surface area contributed by atoms with Gasteiger partial charge in [-0.05, 0) is 104 Å². The van der Waals surface area contributed by atoms with Crippen molar-refractivity contribution >= 4 is 11.9 Å². The number of aliphatic carboxylic acids is 2. The third kappa shape index (κ3) is 2.76. The highest BCUT2D eigenvalue weighted by Gasteiger charge is 2.76. The van der Waals surface area contributed by atoms with Crippen molar-refractivity contribution in [2.24, 2.45) is 62.6 Å². The number of aliphatic hydroxyl groups is 2. The molecule has 0 aliphatic heterocycles. The first kappa shape index (κ1) is 26.2. The molecule has 5 rings (SSSR count). The summed E-state index contributed by atoms with van der Waals surface area (Å²) in [6, 6.07) is 0. The Balaban J connectivity index is 1.62. The molecule has 0 bridgehead atoms. The van der Waals surface area contributed by atoms with E-state index in [0.29, 0.717) is 6.42 Å². The summed E-state index contributed by atoms with van der Waals surface area (Å²) < 4.78 is 0. The van der Waals surface area contributed by atoms with Gasteiger partial charge in [-0.2, -0.15) is 0 Å². The maximum absolute atomic E-state index is 12.8. The Labute approximate surface area is 215 Å². The summed E-state index contributed by atoms with van der Waals surface area (Å²) in [5.41, 5.74) is -1.33. The molecule has 6 nitrogen and oxygen atoms in total. The van der Waals surface area contributed by atoms with Crippen molar-refractivity contribution < 1.29 is 30.0 Å². The fraction of sp³-hybridized carbons (Fsp3) is 0.867. The van der Waals surface area contributed by atoms with E-state index in [-0.39, 0.29) is 47.0 Å². The molecule has 0 aromatic carbocycles. The van der Waals surface area contributed by atoms with Crippen LogP contribution in [0.25, 0.3) is 0 Å². The van der Waals surface area contributed by atoms with Crippen molar-refractivity contribution in [3.8, 4) is 0 Å². The summed E-state index contributed by atoms with van der Waals surface area (Å²) in [6.45, 7) is 14.8. The lowest BCUT2D eigenvalue weighted by Gasteiger charge is -2.70. The van der Waals surface area contributed by atoms with E-state index in [0.717, 1.165) is 50.5 Å². The van der Waals surface area contributed by atoms with Crippen molar-refractivity contribution in [3.05, 3.63) is 12.2 Å². The van der Waals surface area contributed by atoms with Crippen LogP contribution in [0, 0.1) is 62.6 Å². The van der Waals surface area contributed by atoms with Crippen molar-refractivity contribution in [3.63, 3.8) is 0 Å². The minimum absolute atomic E-state index is 0.0688. The maximum atomic E-state index is 12.8. The van der Waals surface area contributed by atoms with Gasteiger partial charge in [0.25, 0.3) is 0 Å². The van der Waals surface area contributed by atoms with E-state index in [1.165, 1.54) is 0 Å². The molecular formula is C30H46O6. The second-order valence-corrected chi connectivity index (χ2v) is 14.4. The van der Waals surface area contributed by atoms with Gasteiger partial charge >= 0.3 is 11.9 Å². The molecule has 4 N–H and O–H groups in total. The zero-order valence-corrected chi connectivity index (χ0v) is 22.7. The highest BCUT2D eigenvalue weighted by molar-refractivity contribution is 5.76. The van der Waals surface area contributed by atoms with Gasteiger partial charge in [-0.1, -0.05) is 39.8 Å². The molecule has 0 heterocycles. The number of carboxylic acid groups (broad SMARTS) is 2. The van der Waals surface area contributed by atoms with Crippen LogP contribution in [0.4, 0.5) is 0 Å². The Morgan fingerprint density at radius 3 is 2.11 bits per heavy atom. The molecule has 36 heavy (non-hydrogen) atoms. The van der Waals surface area contributed by atoms with Gasteiger partial charge in [-0.25, -0.2) is 0 Å². The number of fused-ring (bicyclic) bond motifs is 7. The number of hydrogen-bond acceptors (Lipinski definition) is 4. The number of hydrogen-bond donors (Lipinski definition) is 4. The van der Waals surface area contributed by atoms with E-state index in [4.69, 9.17) is 0 Å². The molecule has 5 aliphatic rings. The molecular weight excluding hydrogens is 456 g/mol. The molecule has 5 fully saturated rings. The van der Waals surface area contributed by atoms with Crippen LogP contribution < -0.4 is 0 Å². The molecule has 5 aliphatic carbocycles. The van der Waals surface area contributed by atoms with E-state index >= 15 is 0 Å². The monoisotopic (exact) mass is 502 g/mol. The molecule has 0 spiro atoms. The molecule has 202 valence electrons. The maximum Gasteiger partial charge on any atom is 0.309 e. The van der Waals surface area contributed by atoms with E-state index in [1.54, 1.807) is 0 Å². The van der Waals surface area contributed by atoms with Crippen LogP contribution in [0.5, 0.6) is 0 Å². The van der Waals surface area contributed by atoms with Crippen LogP contribution in [0.3, 0.4) is 0 Å². The van der Waals surface area contributed by atoms with Crippen LogP contribution in [0.15, 0.2) is 12.2 Å². The second kappa shape index (κ2) is 7.81. The van der Waals surface area contributed by atoms with Gasteiger partial charge in [-0.15, -0.1) is 0 Å². The van der Waals surface area contributed by atoms with Crippen LogP contribution in [-0.4, -0.2) is 45.1 Å². The van der Waals surface area contributed by atoms with Gasteiger partial charge in [0, 0.05) is 5.41 Å². The van der Waals surface area contributed by atoms with E-state index < -0.39 is 40.2 Å². The average Bonchev–Trinajstić information content (AvgIpc) is 3.27. The van der Waals surface area contributed by atoms with Crippen LogP contribution in [0.2, 0.25) is 0 Å². The SMILES string of the molecule is C=C(C)[C@@H]1CC[C@]2(C(=O)O)CC[C@]3(C)[C@H](CC[C@H]4[C@@]5(C)[C@@H](C(=O)O)[C@H](O)[C@](C)(CO)[C@@H]5CC[C@]43C)[C@H]12. The van der Waals surface area contributed by atoms with Crippen molar-refractivity contribution in [2.45, 2.75) is 92.1 Å². The number of aliphatic hydroxyl groups excluding tert-OH is 2. The fourth-order valence-corrected chi connectivity index (χ4v) is 11.8.